The van der Waals surface area contributed by atoms with E-state index in [0.717, 1.165) is 11.7 Å². The number of hydrogen-bond acceptors (Lipinski definition) is 5. The third-order valence-electron chi connectivity index (χ3n) is 5.77. The molecule has 4 aliphatic rings. The Morgan fingerprint density at radius 1 is 0.850 bits per heavy atom. The molecule has 1 aromatic rings. The highest BCUT2D eigenvalue weighted by atomic mass is 15.1. The van der Waals surface area contributed by atoms with E-state index in [-0.39, 0.29) is 17.3 Å². The second-order valence-corrected chi connectivity index (χ2v) is 8.29. The van der Waals surface area contributed by atoms with Crippen LogP contribution in [0, 0.1) is 16.7 Å². The molecule has 108 valence electrons. The van der Waals surface area contributed by atoms with Crippen molar-refractivity contribution in [1.82, 2.24) is 15.0 Å². The summed E-state index contributed by atoms with van der Waals surface area (Å²) < 4.78 is 0. The van der Waals surface area contributed by atoms with E-state index in [9.17, 15) is 0 Å². The van der Waals surface area contributed by atoms with Crippen molar-refractivity contribution < 1.29 is 0 Å². The van der Waals surface area contributed by atoms with Gasteiger partial charge in [0.15, 0.2) is 0 Å². The zero-order chi connectivity index (χ0) is 14.2. The van der Waals surface area contributed by atoms with Gasteiger partial charge < -0.3 is 11.5 Å². The molecule has 0 aromatic carbocycles. The molecule has 5 rings (SSSR count). The zero-order valence-corrected chi connectivity index (χ0v) is 12.3. The molecule has 4 N–H and O–H groups in total. The Morgan fingerprint density at radius 2 is 1.40 bits per heavy atom. The van der Waals surface area contributed by atoms with E-state index in [1.54, 1.807) is 0 Å². The molecule has 20 heavy (non-hydrogen) atoms. The Morgan fingerprint density at radius 3 is 1.90 bits per heavy atom. The molecule has 4 fully saturated rings. The molecule has 2 unspecified atom stereocenters. The van der Waals surface area contributed by atoms with Crippen molar-refractivity contribution in [1.29, 1.82) is 0 Å². The van der Waals surface area contributed by atoms with E-state index < -0.39 is 0 Å². The molecule has 4 bridgehead atoms. The van der Waals surface area contributed by atoms with E-state index in [4.69, 9.17) is 11.5 Å². The number of nitrogen functional groups attached to an aromatic ring is 2. The van der Waals surface area contributed by atoms with Crippen LogP contribution in [0.5, 0.6) is 0 Å². The molecule has 4 aliphatic carbocycles. The van der Waals surface area contributed by atoms with Crippen LogP contribution < -0.4 is 11.5 Å². The molecule has 0 spiro atoms. The lowest BCUT2D eigenvalue weighted by molar-refractivity contribution is -0.112. The van der Waals surface area contributed by atoms with Crippen LogP contribution in [0.1, 0.15) is 58.2 Å². The van der Waals surface area contributed by atoms with Gasteiger partial charge in [-0.3, -0.25) is 0 Å². The lowest BCUT2D eigenvalue weighted by Crippen LogP contribution is -2.57. The third-order valence-corrected chi connectivity index (χ3v) is 5.77. The molecule has 1 heterocycles. The van der Waals surface area contributed by atoms with Crippen molar-refractivity contribution >= 4 is 11.9 Å². The van der Waals surface area contributed by atoms with Crippen LogP contribution in [0.3, 0.4) is 0 Å². The lowest BCUT2D eigenvalue weighted by atomic mass is 9.40. The molecular formula is C15H23N5. The molecule has 0 aliphatic heterocycles. The summed E-state index contributed by atoms with van der Waals surface area (Å²) in [4.78, 5) is 12.9. The second kappa shape index (κ2) is 3.43. The molecule has 0 amide bonds. The summed E-state index contributed by atoms with van der Waals surface area (Å²) in [5.74, 6) is 2.18. The predicted molar refractivity (Wildman–Crippen MR) is 77.7 cm³/mol. The summed E-state index contributed by atoms with van der Waals surface area (Å²) in [6.07, 6.45) is 7.61. The van der Waals surface area contributed by atoms with Crippen LogP contribution in [-0.4, -0.2) is 15.0 Å². The second-order valence-electron chi connectivity index (χ2n) is 8.29. The smallest absolute Gasteiger partial charge is 0.225 e. The maximum Gasteiger partial charge on any atom is 0.225 e. The number of nitrogens with two attached hydrogens (primary N) is 2. The monoisotopic (exact) mass is 273 g/mol. The van der Waals surface area contributed by atoms with Crippen molar-refractivity contribution in [2.24, 2.45) is 16.7 Å². The molecule has 2 atom stereocenters. The van der Waals surface area contributed by atoms with E-state index in [2.05, 4.69) is 28.8 Å². The molecular weight excluding hydrogens is 250 g/mol. The van der Waals surface area contributed by atoms with Crippen molar-refractivity contribution in [2.45, 2.75) is 57.8 Å². The Labute approximate surface area is 119 Å². The van der Waals surface area contributed by atoms with Crippen molar-refractivity contribution in [3.05, 3.63) is 5.82 Å². The normalized spacial score (nSPS) is 45.8. The van der Waals surface area contributed by atoms with Gasteiger partial charge in [-0.1, -0.05) is 13.8 Å². The van der Waals surface area contributed by atoms with Gasteiger partial charge in [-0.2, -0.15) is 15.0 Å². The summed E-state index contributed by atoms with van der Waals surface area (Å²) in [5, 5.41) is 0. The standard InChI is InChI=1S/C15H23N5/c1-13-3-9-4-14(2,6-13)8-15(5-9,7-13)10-18-11(16)20-12(17)19-10/h9H,3-8H2,1-2H3,(H4,16,17,18,19,20). The lowest BCUT2D eigenvalue weighted by Gasteiger charge is -2.64. The number of hydrogen-bond donors (Lipinski definition) is 2. The van der Waals surface area contributed by atoms with Crippen LogP contribution in [0.4, 0.5) is 11.9 Å². The number of anilines is 2. The van der Waals surface area contributed by atoms with Crippen LogP contribution in [0.2, 0.25) is 0 Å². The molecule has 0 radical (unpaired) electrons. The summed E-state index contributed by atoms with van der Waals surface area (Å²) in [6.45, 7) is 4.89. The fourth-order valence-electron chi connectivity index (χ4n) is 6.34. The first-order valence-corrected chi connectivity index (χ1v) is 7.58. The van der Waals surface area contributed by atoms with Gasteiger partial charge in [-0.15, -0.1) is 0 Å². The van der Waals surface area contributed by atoms with Crippen molar-refractivity contribution in [2.75, 3.05) is 11.5 Å². The highest BCUT2D eigenvalue weighted by Crippen LogP contribution is 2.69. The fourth-order valence-corrected chi connectivity index (χ4v) is 6.34. The molecule has 1 aromatic heterocycles. The minimum absolute atomic E-state index is 0.0775. The van der Waals surface area contributed by atoms with E-state index in [1.165, 1.54) is 38.5 Å². The maximum absolute atomic E-state index is 5.80. The summed E-state index contributed by atoms with van der Waals surface area (Å²) in [5.41, 5.74) is 12.6. The van der Waals surface area contributed by atoms with Gasteiger partial charge in [-0.25, -0.2) is 0 Å². The van der Waals surface area contributed by atoms with Gasteiger partial charge in [-0.05, 0) is 55.3 Å². The van der Waals surface area contributed by atoms with E-state index >= 15 is 0 Å². The first kappa shape index (κ1) is 12.4. The molecule has 4 saturated carbocycles. The molecule has 5 nitrogen and oxygen atoms in total. The van der Waals surface area contributed by atoms with Gasteiger partial charge >= 0.3 is 0 Å². The number of rotatable bonds is 1. The average molecular weight is 273 g/mol. The average Bonchev–Trinajstić information content (AvgIpc) is 2.22. The van der Waals surface area contributed by atoms with Crippen LogP contribution in [-0.2, 0) is 5.41 Å². The van der Waals surface area contributed by atoms with Crippen LogP contribution >= 0.6 is 0 Å². The van der Waals surface area contributed by atoms with Gasteiger partial charge in [0.25, 0.3) is 0 Å². The summed E-state index contributed by atoms with van der Waals surface area (Å²) >= 11 is 0. The zero-order valence-electron chi connectivity index (χ0n) is 12.3. The van der Waals surface area contributed by atoms with Crippen molar-refractivity contribution in [3.8, 4) is 0 Å². The summed E-state index contributed by atoms with van der Waals surface area (Å²) in [7, 11) is 0. The van der Waals surface area contributed by atoms with E-state index in [1.807, 2.05) is 0 Å². The Hall–Kier alpha value is -1.39. The Bertz CT molecular complexity index is 545. The minimum Gasteiger partial charge on any atom is -0.368 e. The Kier molecular flexibility index (Phi) is 2.12. The maximum atomic E-state index is 5.80. The number of aromatic nitrogens is 3. The minimum atomic E-state index is 0.0775. The molecule has 0 saturated heterocycles. The predicted octanol–water partition coefficient (Wildman–Crippen LogP) is 2.28. The van der Waals surface area contributed by atoms with Gasteiger partial charge in [0.1, 0.15) is 5.82 Å². The highest BCUT2D eigenvalue weighted by Gasteiger charge is 2.61. The van der Waals surface area contributed by atoms with Crippen LogP contribution in [0.15, 0.2) is 0 Å². The first-order chi connectivity index (χ1) is 9.30. The summed E-state index contributed by atoms with van der Waals surface area (Å²) in [6, 6.07) is 0. The first-order valence-electron chi connectivity index (χ1n) is 7.58. The van der Waals surface area contributed by atoms with Gasteiger partial charge in [0.2, 0.25) is 11.9 Å². The quantitative estimate of drug-likeness (QED) is 0.819. The van der Waals surface area contributed by atoms with Gasteiger partial charge in [0.05, 0.1) is 0 Å². The SMILES string of the molecule is CC12CC3CC(C)(C1)CC(c1nc(N)nc(N)n1)(C3)C2. The fraction of sp³-hybridized carbons (Fsp3) is 0.800. The van der Waals surface area contributed by atoms with Gasteiger partial charge in [0, 0.05) is 5.41 Å². The number of nitrogens with zero attached hydrogens (tertiary/aromatic N) is 3. The third kappa shape index (κ3) is 1.64. The molecule has 5 heteroatoms. The van der Waals surface area contributed by atoms with E-state index in [0.29, 0.717) is 10.8 Å². The largest absolute Gasteiger partial charge is 0.368 e. The topological polar surface area (TPSA) is 90.7 Å². The highest BCUT2D eigenvalue weighted by molar-refractivity contribution is 5.31. The Balaban J connectivity index is 1.84. The van der Waals surface area contributed by atoms with Crippen molar-refractivity contribution in [3.63, 3.8) is 0 Å². The van der Waals surface area contributed by atoms with Crippen LogP contribution in [0.25, 0.3) is 0 Å².